The Balaban J connectivity index is 1.93. The van der Waals surface area contributed by atoms with Gasteiger partial charge in [-0.05, 0) is 31.2 Å². The second-order valence-corrected chi connectivity index (χ2v) is 5.40. The molecule has 88 valence electrons. The van der Waals surface area contributed by atoms with Crippen molar-refractivity contribution < 1.29 is 0 Å². The molecule has 1 nitrogen and oxygen atoms in total. The summed E-state index contributed by atoms with van der Waals surface area (Å²) >= 11 is 0. The Labute approximate surface area is 99.3 Å². The molecule has 16 heavy (non-hydrogen) atoms. The third kappa shape index (κ3) is 2.65. The highest BCUT2D eigenvalue weighted by atomic mass is 15.0. The van der Waals surface area contributed by atoms with Crippen LogP contribution in [0.4, 0.5) is 0 Å². The van der Waals surface area contributed by atoms with Crippen LogP contribution >= 0.6 is 0 Å². The number of nitrogens with one attached hydrogen (secondary N) is 1. The monoisotopic (exact) mass is 217 g/mol. The third-order valence-corrected chi connectivity index (χ3v) is 4.21. The number of benzene rings is 1. The molecule has 0 amide bonds. The van der Waals surface area contributed by atoms with Crippen molar-refractivity contribution in [2.45, 2.75) is 51.6 Å². The fourth-order valence-corrected chi connectivity index (χ4v) is 2.67. The maximum absolute atomic E-state index is 3.76. The lowest BCUT2D eigenvalue weighted by atomic mass is 9.75. The third-order valence-electron chi connectivity index (χ3n) is 4.21. The van der Waals surface area contributed by atoms with Crippen LogP contribution < -0.4 is 5.32 Å². The Morgan fingerprint density at radius 1 is 1.25 bits per heavy atom. The van der Waals surface area contributed by atoms with Gasteiger partial charge in [-0.3, -0.25) is 0 Å². The van der Waals surface area contributed by atoms with E-state index >= 15 is 0 Å². The summed E-state index contributed by atoms with van der Waals surface area (Å²) in [6, 6.07) is 10.7. The van der Waals surface area contributed by atoms with Crippen LogP contribution in [-0.2, 0) is 6.54 Å². The molecule has 0 saturated heterocycles. The summed E-state index contributed by atoms with van der Waals surface area (Å²) in [6.45, 7) is 5.78. The van der Waals surface area contributed by atoms with Crippen LogP contribution in [0.3, 0.4) is 0 Å². The Morgan fingerprint density at radius 3 is 2.69 bits per heavy atom. The highest BCUT2D eigenvalue weighted by Crippen LogP contribution is 2.33. The second-order valence-electron chi connectivity index (χ2n) is 5.40. The van der Waals surface area contributed by atoms with Crippen LogP contribution in [0, 0.1) is 5.92 Å². The van der Waals surface area contributed by atoms with E-state index in [0.717, 1.165) is 12.5 Å². The van der Waals surface area contributed by atoms with E-state index in [1.807, 2.05) is 0 Å². The predicted molar refractivity (Wildman–Crippen MR) is 69.3 cm³/mol. The highest BCUT2D eigenvalue weighted by Gasteiger charge is 2.32. The largest absolute Gasteiger partial charge is 0.307 e. The fraction of sp³-hybridized carbons (Fsp3) is 0.600. The van der Waals surface area contributed by atoms with Gasteiger partial charge in [-0.2, -0.15) is 0 Å². The number of hydrogen-bond acceptors (Lipinski definition) is 1. The van der Waals surface area contributed by atoms with Crippen molar-refractivity contribution in [2.75, 3.05) is 0 Å². The van der Waals surface area contributed by atoms with E-state index in [2.05, 4.69) is 49.5 Å². The lowest BCUT2D eigenvalue weighted by Gasteiger charge is -2.40. The summed E-state index contributed by atoms with van der Waals surface area (Å²) in [6.07, 6.45) is 5.48. The molecule has 2 rings (SSSR count). The molecule has 1 aliphatic rings. The first-order chi connectivity index (χ1) is 7.71. The summed E-state index contributed by atoms with van der Waals surface area (Å²) in [4.78, 5) is 0. The minimum atomic E-state index is 0.341. The minimum Gasteiger partial charge on any atom is -0.307 e. The summed E-state index contributed by atoms with van der Waals surface area (Å²) in [7, 11) is 0. The van der Waals surface area contributed by atoms with Gasteiger partial charge in [-0.15, -0.1) is 0 Å². The topological polar surface area (TPSA) is 12.0 Å². The molecular formula is C15H23N. The molecular weight excluding hydrogens is 194 g/mol. The molecule has 1 N–H and O–H groups in total. The summed E-state index contributed by atoms with van der Waals surface area (Å²) in [5, 5.41) is 3.76. The van der Waals surface area contributed by atoms with Crippen molar-refractivity contribution in [2.24, 2.45) is 5.92 Å². The normalized spacial score (nSPS) is 30.2. The van der Waals surface area contributed by atoms with Crippen molar-refractivity contribution in [3.8, 4) is 0 Å². The van der Waals surface area contributed by atoms with Crippen LogP contribution in [0.25, 0.3) is 0 Å². The van der Waals surface area contributed by atoms with Crippen LogP contribution in [0.1, 0.15) is 45.1 Å². The van der Waals surface area contributed by atoms with E-state index in [-0.39, 0.29) is 0 Å². The van der Waals surface area contributed by atoms with Crippen molar-refractivity contribution >= 4 is 0 Å². The predicted octanol–water partition coefficient (Wildman–Crippen LogP) is 3.75. The lowest BCUT2D eigenvalue weighted by molar-refractivity contribution is 0.172. The maximum Gasteiger partial charge on any atom is 0.0210 e. The zero-order chi connectivity index (χ0) is 11.4. The Morgan fingerprint density at radius 2 is 2.00 bits per heavy atom. The van der Waals surface area contributed by atoms with Gasteiger partial charge in [-0.25, -0.2) is 0 Å². The molecule has 0 aliphatic heterocycles. The zero-order valence-electron chi connectivity index (χ0n) is 10.5. The van der Waals surface area contributed by atoms with Crippen molar-refractivity contribution in [1.29, 1.82) is 0 Å². The van der Waals surface area contributed by atoms with E-state index in [4.69, 9.17) is 0 Å². The molecule has 1 heteroatoms. The van der Waals surface area contributed by atoms with Crippen LogP contribution in [0.15, 0.2) is 30.3 Å². The van der Waals surface area contributed by atoms with Gasteiger partial charge in [-0.1, -0.05) is 50.1 Å². The number of hydrogen-bond donors (Lipinski definition) is 1. The molecule has 1 fully saturated rings. The Hall–Kier alpha value is -0.820. The zero-order valence-corrected chi connectivity index (χ0v) is 10.5. The molecule has 0 aromatic heterocycles. The van der Waals surface area contributed by atoms with E-state index in [1.54, 1.807) is 0 Å². The first-order valence-corrected chi connectivity index (χ1v) is 6.50. The molecule has 2 unspecified atom stereocenters. The average Bonchev–Trinajstić information content (AvgIpc) is 2.32. The summed E-state index contributed by atoms with van der Waals surface area (Å²) in [5.74, 6) is 0.796. The van der Waals surface area contributed by atoms with E-state index in [1.165, 1.54) is 31.2 Å². The Kier molecular flexibility index (Phi) is 3.65. The maximum atomic E-state index is 3.76. The second kappa shape index (κ2) is 5.01. The first-order valence-electron chi connectivity index (χ1n) is 6.50. The van der Waals surface area contributed by atoms with Gasteiger partial charge in [0.05, 0.1) is 0 Å². The van der Waals surface area contributed by atoms with E-state index in [0.29, 0.717) is 5.54 Å². The molecule has 1 aliphatic carbocycles. The fourth-order valence-electron chi connectivity index (χ4n) is 2.67. The van der Waals surface area contributed by atoms with Gasteiger partial charge in [0.2, 0.25) is 0 Å². The van der Waals surface area contributed by atoms with Gasteiger partial charge < -0.3 is 5.32 Å². The highest BCUT2D eigenvalue weighted by molar-refractivity contribution is 5.14. The number of rotatable bonds is 3. The van der Waals surface area contributed by atoms with Crippen LogP contribution in [0.5, 0.6) is 0 Å². The molecule has 1 aromatic rings. The molecule has 0 bridgehead atoms. The Bertz CT molecular complexity index is 319. The van der Waals surface area contributed by atoms with Crippen LogP contribution in [0.2, 0.25) is 0 Å². The molecule has 1 aromatic carbocycles. The SMILES string of the molecule is CC1CCCCC1(C)NCc1ccccc1. The molecule has 0 radical (unpaired) electrons. The summed E-state index contributed by atoms with van der Waals surface area (Å²) < 4.78 is 0. The van der Waals surface area contributed by atoms with Crippen molar-refractivity contribution in [3.05, 3.63) is 35.9 Å². The van der Waals surface area contributed by atoms with Gasteiger partial charge in [0.25, 0.3) is 0 Å². The minimum absolute atomic E-state index is 0.341. The van der Waals surface area contributed by atoms with Gasteiger partial charge in [0, 0.05) is 12.1 Å². The van der Waals surface area contributed by atoms with E-state index in [9.17, 15) is 0 Å². The van der Waals surface area contributed by atoms with E-state index < -0.39 is 0 Å². The van der Waals surface area contributed by atoms with Crippen LogP contribution in [-0.4, -0.2) is 5.54 Å². The standard InChI is InChI=1S/C15H23N/c1-13-8-6-7-11-15(13,2)16-12-14-9-4-3-5-10-14/h3-5,9-10,13,16H,6-8,11-12H2,1-2H3. The van der Waals surface area contributed by atoms with Gasteiger partial charge in [0.1, 0.15) is 0 Å². The molecule has 1 saturated carbocycles. The molecule has 0 spiro atoms. The molecule has 2 atom stereocenters. The van der Waals surface area contributed by atoms with Gasteiger partial charge in [0.15, 0.2) is 0 Å². The summed E-state index contributed by atoms with van der Waals surface area (Å²) in [5.41, 5.74) is 1.73. The molecule has 0 heterocycles. The lowest BCUT2D eigenvalue weighted by Crippen LogP contribution is -2.49. The van der Waals surface area contributed by atoms with Gasteiger partial charge >= 0.3 is 0 Å². The average molecular weight is 217 g/mol. The van der Waals surface area contributed by atoms with Crippen molar-refractivity contribution in [1.82, 2.24) is 5.32 Å². The quantitative estimate of drug-likeness (QED) is 0.813. The first kappa shape index (κ1) is 11.7. The smallest absolute Gasteiger partial charge is 0.0210 e. The van der Waals surface area contributed by atoms with Crippen molar-refractivity contribution in [3.63, 3.8) is 0 Å².